The van der Waals surface area contributed by atoms with Crippen LogP contribution in [0.2, 0.25) is 13.1 Å². The predicted molar refractivity (Wildman–Crippen MR) is 212 cm³/mol. The molecule has 2 heteroatoms. The Labute approximate surface area is 308 Å². The third kappa shape index (κ3) is 7.41. The van der Waals surface area contributed by atoms with Crippen molar-refractivity contribution < 1.29 is 26.2 Å². The molecule has 8 rings (SSSR count). The molecule has 8 aromatic carbocycles. The van der Waals surface area contributed by atoms with E-state index in [9.17, 15) is 0 Å². The van der Waals surface area contributed by atoms with Crippen molar-refractivity contribution in [2.45, 2.75) is 52.6 Å². The summed E-state index contributed by atoms with van der Waals surface area (Å²) in [5.74, 6) is 1.13. The van der Waals surface area contributed by atoms with Crippen molar-refractivity contribution in [3.05, 3.63) is 157 Å². The van der Waals surface area contributed by atoms with E-state index in [0.29, 0.717) is 11.8 Å². The molecule has 0 aromatic heterocycles. The third-order valence-corrected chi connectivity index (χ3v) is 9.04. The largest absolute Gasteiger partial charge is 2.00 e. The summed E-state index contributed by atoms with van der Waals surface area (Å²) in [4.78, 5) is 0. The fourth-order valence-electron chi connectivity index (χ4n) is 6.57. The van der Waals surface area contributed by atoms with Gasteiger partial charge >= 0.3 is 26.2 Å². The standard InChI is InChI=1S/2C22H19.C2H7Si.Zr/c2*1-15(2)18-13-17-9-6-12-21(22(17)14-18)20-11-5-8-16-7-3-4-10-19(16)20;1-3-2;/h2*3-15H,1-2H3;3H,1-2H3;/q2*-1;;+2. The van der Waals surface area contributed by atoms with Crippen LogP contribution in [0.25, 0.3) is 65.3 Å². The molecule has 0 unspecified atom stereocenters. The van der Waals surface area contributed by atoms with Gasteiger partial charge in [0.25, 0.3) is 0 Å². The number of rotatable bonds is 4. The maximum Gasteiger partial charge on any atom is 2.00 e. The van der Waals surface area contributed by atoms with E-state index < -0.39 is 0 Å². The summed E-state index contributed by atoms with van der Waals surface area (Å²) in [5, 5.41) is 10.7. The molecule has 0 spiro atoms. The smallest absolute Gasteiger partial charge is 0.164 e. The Morgan fingerprint density at radius 1 is 0.417 bits per heavy atom. The molecule has 0 N–H and O–H groups in total. The van der Waals surface area contributed by atoms with Gasteiger partial charge in [0, 0.05) is 9.52 Å². The van der Waals surface area contributed by atoms with Crippen molar-refractivity contribution in [1.82, 2.24) is 0 Å². The molecule has 0 aliphatic carbocycles. The minimum Gasteiger partial charge on any atom is -0.164 e. The average molecular weight is 717 g/mol. The first-order valence-electron chi connectivity index (χ1n) is 17.0. The minimum absolute atomic E-state index is 0. The van der Waals surface area contributed by atoms with Gasteiger partial charge in [0.15, 0.2) is 0 Å². The van der Waals surface area contributed by atoms with Crippen LogP contribution >= 0.6 is 0 Å². The number of fused-ring (bicyclic) bond motifs is 4. The topological polar surface area (TPSA) is 0 Å². The van der Waals surface area contributed by atoms with E-state index in [-0.39, 0.29) is 26.2 Å². The summed E-state index contributed by atoms with van der Waals surface area (Å²) in [6, 6.07) is 53.0. The van der Waals surface area contributed by atoms with Crippen LogP contribution in [-0.4, -0.2) is 9.52 Å². The maximum absolute atomic E-state index is 2.36. The summed E-state index contributed by atoms with van der Waals surface area (Å²) >= 11 is 0. The van der Waals surface area contributed by atoms with Crippen LogP contribution in [-0.2, 0) is 26.2 Å². The first kappa shape index (κ1) is 35.5. The van der Waals surface area contributed by atoms with Gasteiger partial charge < -0.3 is 0 Å². The normalized spacial score (nSPS) is 11.0. The minimum atomic E-state index is 0. The second-order valence-corrected chi connectivity index (χ2v) is 14.3. The van der Waals surface area contributed by atoms with E-state index >= 15 is 0 Å². The molecule has 0 nitrogen and oxygen atoms in total. The molecule has 0 atom stereocenters. The predicted octanol–water partition coefficient (Wildman–Crippen LogP) is 13.5. The van der Waals surface area contributed by atoms with E-state index in [1.165, 1.54) is 76.5 Å². The Kier molecular flexibility index (Phi) is 11.9. The Morgan fingerprint density at radius 2 is 0.729 bits per heavy atom. The van der Waals surface area contributed by atoms with Crippen LogP contribution < -0.4 is 0 Å². The second-order valence-electron chi connectivity index (χ2n) is 13.1. The fourth-order valence-corrected chi connectivity index (χ4v) is 6.57. The van der Waals surface area contributed by atoms with Crippen molar-refractivity contribution in [3.8, 4) is 22.3 Å². The molecule has 0 fully saturated rings. The molecule has 0 saturated heterocycles. The molecule has 8 aromatic rings. The van der Waals surface area contributed by atoms with Crippen molar-refractivity contribution >= 4 is 52.6 Å². The SMILES string of the molecule is CC(C)c1cc2c(-c3cccc4ccccc34)cccc2[cH-]1.CC(C)c1cc2c(-c3cccc4ccccc34)cccc2[cH-]1.C[SiH]C.[Zr+2]. The molecular formula is C46H45SiZr. The molecule has 0 bridgehead atoms. The first-order chi connectivity index (χ1) is 22.9. The van der Waals surface area contributed by atoms with Crippen molar-refractivity contribution in [3.63, 3.8) is 0 Å². The van der Waals surface area contributed by atoms with Gasteiger partial charge in [0.2, 0.25) is 0 Å². The molecule has 0 amide bonds. The van der Waals surface area contributed by atoms with Gasteiger partial charge in [-0.15, -0.1) is 69.1 Å². The summed E-state index contributed by atoms with van der Waals surface area (Å²) in [7, 11) is 0.750. The zero-order chi connectivity index (χ0) is 32.9. The van der Waals surface area contributed by atoms with Gasteiger partial charge in [-0.25, -0.2) is 0 Å². The molecule has 0 aliphatic heterocycles. The van der Waals surface area contributed by atoms with Crippen LogP contribution in [0.1, 0.15) is 50.7 Å². The van der Waals surface area contributed by atoms with Crippen LogP contribution in [0.4, 0.5) is 0 Å². The monoisotopic (exact) mass is 715 g/mol. The zero-order valence-electron chi connectivity index (χ0n) is 29.1. The fraction of sp³-hybridized carbons (Fsp3) is 0.174. The molecular weight excluding hydrogens is 672 g/mol. The van der Waals surface area contributed by atoms with Crippen LogP contribution in [0.15, 0.2) is 146 Å². The molecule has 0 saturated carbocycles. The Morgan fingerprint density at radius 3 is 1.10 bits per heavy atom. The van der Waals surface area contributed by atoms with Crippen molar-refractivity contribution in [2.24, 2.45) is 0 Å². The quantitative estimate of drug-likeness (QED) is 0.126. The Hall–Kier alpha value is -3.84. The maximum atomic E-state index is 2.36. The average Bonchev–Trinajstić information content (AvgIpc) is 3.74. The summed E-state index contributed by atoms with van der Waals surface area (Å²) in [6.45, 7) is 13.4. The van der Waals surface area contributed by atoms with E-state index in [4.69, 9.17) is 0 Å². The van der Waals surface area contributed by atoms with Crippen molar-refractivity contribution in [2.75, 3.05) is 0 Å². The van der Waals surface area contributed by atoms with Gasteiger partial charge in [0.1, 0.15) is 0 Å². The van der Waals surface area contributed by atoms with E-state index in [1.54, 1.807) is 0 Å². The molecule has 0 heterocycles. The van der Waals surface area contributed by atoms with Crippen LogP contribution in [0, 0.1) is 0 Å². The number of hydrogen-bond donors (Lipinski definition) is 0. The zero-order valence-corrected chi connectivity index (χ0v) is 32.7. The second kappa shape index (κ2) is 16.0. The third-order valence-electron chi connectivity index (χ3n) is 9.04. The van der Waals surface area contributed by atoms with Crippen molar-refractivity contribution in [1.29, 1.82) is 0 Å². The van der Waals surface area contributed by atoms with Gasteiger partial charge in [-0.1, -0.05) is 149 Å². The van der Waals surface area contributed by atoms with Crippen LogP contribution in [0.5, 0.6) is 0 Å². The van der Waals surface area contributed by atoms with Gasteiger partial charge in [-0.05, 0) is 44.5 Å². The summed E-state index contributed by atoms with van der Waals surface area (Å²) in [6.07, 6.45) is 0. The first-order valence-corrected chi connectivity index (χ1v) is 19.3. The molecule has 0 aliphatic rings. The van der Waals surface area contributed by atoms with E-state index in [0.717, 1.165) is 9.52 Å². The van der Waals surface area contributed by atoms with Crippen LogP contribution in [0.3, 0.4) is 0 Å². The van der Waals surface area contributed by atoms with E-state index in [2.05, 4.69) is 186 Å². The Bertz CT molecular complexity index is 2090. The molecule has 48 heavy (non-hydrogen) atoms. The summed E-state index contributed by atoms with van der Waals surface area (Å²) in [5.41, 5.74) is 8.15. The van der Waals surface area contributed by atoms with Gasteiger partial charge in [-0.2, -0.15) is 12.1 Å². The van der Waals surface area contributed by atoms with Gasteiger partial charge in [-0.3, -0.25) is 0 Å². The summed E-state index contributed by atoms with van der Waals surface area (Å²) < 4.78 is 0. The molecule has 237 valence electrons. The number of hydrogen-bond acceptors (Lipinski definition) is 0. The Balaban J connectivity index is 0.000000171. The number of benzene rings is 6. The van der Waals surface area contributed by atoms with E-state index in [1.807, 2.05) is 0 Å². The van der Waals surface area contributed by atoms with Gasteiger partial charge in [0.05, 0.1) is 0 Å². The molecule has 1 radical (unpaired) electrons.